The molecule has 1 N–H and O–H groups in total. The minimum atomic E-state index is -0.477. The molecule has 16 heavy (non-hydrogen) atoms. The van der Waals surface area contributed by atoms with E-state index in [1.807, 2.05) is 18.2 Å². The quantitative estimate of drug-likeness (QED) is 0.827. The molecule has 1 fully saturated rings. The van der Waals surface area contributed by atoms with Gasteiger partial charge in [0.1, 0.15) is 5.75 Å². The first-order chi connectivity index (χ1) is 7.68. The second-order valence-corrected chi connectivity index (χ2v) is 4.43. The van der Waals surface area contributed by atoms with Crippen LogP contribution in [0.25, 0.3) is 0 Å². The minimum absolute atomic E-state index is 0.477. The van der Waals surface area contributed by atoms with E-state index in [0.29, 0.717) is 13.0 Å². The van der Waals surface area contributed by atoms with E-state index in [-0.39, 0.29) is 0 Å². The summed E-state index contributed by atoms with van der Waals surface area (Å²) in [4.78, 5) is 0. The molecule has 0 spiro atoms. The zero-order valence-corrected chi connectivity index (χ0v) is 9.82. The third kappa shape index (κ3) is 2.36. The van der Waals surface area contributed by atoms with Gasteiger partial charge in [0.2, 0.25) is 0 Å². The summed E-state index contributed by atoms with van der Waals surface area (Å²) in [5.41, 5.74) is 1.70. The highest BCUT2D eigenvalue weighted by molar-refractivity contribution is 5.41. The summed E-state index contributed by atoms with van der Waals surface area (Å²) in [6.45, 7) is 0.523. The van der Waals surface area contributed by atoms with Crippen molar-refractivity contribution in [2.24, 2.45) is 0 Å². The van der Waals surface area contributed by atoms with Crippen LogP contribution in [-0.2, 0) is 17.8 Å². The zero-order valence-electron chi connectivity index (χ0n) is 9.82. The lowest BCUT2D eigenvalue weighted by molar-refractivity contribution is 0.147. The largest absolute Gasteiger partial charge is 0.496 e. The van der Waals surface area contributed by atoms with Gasteiger partial charge in [-0.15, -0.1) is 0 Å². The van der Waals surface area contributed by atoms with E-state index in [0.717, 1.165) is 29.7 Å². The molecule has 3 nitrogen and oxygen atoms in total. The molecule has 0 unspecified atom stereocenters. The number of aliphatic hydroxyl groups is 1. The van der Waals surface area contributed by atoms with Crippen LogP contribution >= 0.6 is 0 Å². The van der Waals surface area contributed by atoms with E-state index in [1.165, 1.54) is 0 Å². The lowest BCUT2D eigenvalue weighted by atomic mass is 10.00. The number of ether oxygens (including phenoxy) is 2. The summed E-state index contributed by atoms with van der Waals surface area (Å²) in [7, 11) is 3.33. The Hall–Kier alpha value is -1.06. The lowest BCUT2D eigenvalue weighted by Gasteiger charge is -2.15. The summed E-state index contributed by atoms with van der Waals surface area (Å²) in [5.74, 6) is 0.837. The summed E-state index contributed by atoms with van der Waals surface area (Å²) >= 11 is 0. The molecule has 1 aromatic rings. The fourth-order valence-electron chi connectivity index (χ4n) is 1.95. The van der Waals surface area contributed by atoms with Gasteiger partial charge in [0, 0.05) is 19.1 Å². The molecule has 0 heterocycles. The van der Waals surface area contributed by atoms with Gasteiger partial charge in [0.25, 0.3) is 0 Å². The predicted octanol–water partition coefficient (Wildman–Crippen LogP) is 1.91. The van der Waals surface area contributed by atoms with Gasteiger partial charge >= 0.3 is 0 Å². The van der Waals surface area contributed by atoms with Gasteiger partial charge in [-0.2, -0.15) is 0 Å². The number of rotatable bonds is 5. The number of hydrogen-bond donors (Lipinski definition) is 1. The Bertz CT molecular complexity index is 369. The molecule has 1 aliphatic rings. The van der Waals surface area contributed by atoms with Crippen LogP contribution in [0.2, 0.25) is 0 Å². The maximum atomic E-state index is 9.96. The molecule has 0 aliphatic heterocycles. The highest BCUT2D eigenvalue weighted by Gasteiger charge is 2.40. The Morgan fingerprint density at radius 3 is 2.62 bits per heavy atom. The second-order valence-electron chi connectivity index (χ2n) is 4.43. The molecule has 0 aromatic heterocycles. The average molecular weight is 222 g/mol. The highest BCUT2D eigenvalue weighted by Crippen LogP contribution is 2.39. The third-order valence-electron chi connectivity index (χ3n) is 3.09. The van der Waals surface area contributed by atoms with Crippen LogP contribution in [0.4, 0.5) is 0 Å². The molecule has 3 heteroatoms. The average Bonchev–Trinajstić information content (AvgIpc) is 2.99. The summed E-state index contributed by atoms with van der Waals surface area (Å²) in [6.07, 6.45) is 2.50. The van der Waals surface area contributed by atoms with E-state index in [1.54, 1.807) is 14.2 Å². The standard InChI is InChI=1S/C13H18O3/c1-15-9-11-10(8-13(14)6-7-13)4-3-5-12(11)16-2/h3-5,14H,6-9H2,1-2H3. The van der Waals surface area contributed by atoms with Crippen molar-refractivity contribution in [2.75, 3.05) is 14.2 Å². The van der Waals surface area contributed by atoms with E-state index in [4.69, 9.17) is 9.47 Å². The van der Waals surface area contributed by atoms with E-state index < -0.39 is 5.60 Å². The van der Waals surface area contributed by atoms with Crippen LogP contribution in [0.15, 0.2) is 18.2 Å². The molecule has 0 atom stereocenters. The summed E-state index contributed by atoms with van der Waals surface area (Å²) in [6, 6.07) is 5.92. The topological polar surface area (TPSA) is 38.7 Å². The first-order valence-electron chi connectivity index (χ1n) is 5.54. The van der Waals surface area contributed by atoms with Crippen molar-refractivity contribution in [1.29, 1.82) is 0 Å². The SMILES string of the molecule is COCc1c(CC2(O)CC2)cccc1OC. The van der Waals surface area contributed by atoms with Crippen LogP contribution in [0.5, 0.6) is 5.75 Å². The van der Waals surface area contributed by atoms with Crippen molar-refractivity contribution in [3.63, 3.8) is 0 Å². The van der Waals surface area contributed by atoms with Gasteiger partial charge in [-0.1, -0.05) is 12.1 Å². The molecule has 0 saturated heterocycles. The van der Waals surface area contributed by atoms with Crippen LogP contribution in [0, 0.1) is 0 Å². The molecular formula is C13H18O3. The first-order valence-corrected chi connectivity index (χ1v) is 5.54. The second kappa shape index (κ2) is 4.44. The van der Waals surface area contributed by atoms with Crippen molar-refractivity contribution in [3.8, 4) is 5.75 Å². The smallest absolute Gasteiger partial charge is 0.124 e. The van der Waals surface area contributed by atoms with Gasteiger partial charge in [-0.05, 0) is 24.5 Å². The Balaban J connectivity index is 2.27. The van der Waals surface area contributed by atoms with Crippen LogP contribution in [0.1, 0.15) is 24.0 Å². The number of hydrogen-bond acceptors (Lipinski definition) is 3. The Morgan fingerprint density at radius 2 is 2.06 bits per heavy atom. The van der Waals surface area contributed by atoms with Crippen molar-refractivity contribution >= 4 is 0 Å². The summed E-state index contributed by atoms with van der Waals surface area (Å²) < 4.78 is 10.5. The molecule has 0 radical (unpaired) electrons. The van der Waals surface area contributed by atoms with Gasteiger partial charge < -0.3 is 14.6 Å². The Kier molecular flexibility index (Phi) is 3.17. The van der Waals surface area contributed by atoms with Crippen molar-refractivity contribution in [2.45, 2.75) is 31.5 Å². The maximum absolute atomic E-state index is 9.96. The zero-order chi connectivity index (χ0) is 11.6. The van der Waals surface area contributed by atoms with E-state index in [9.17, 15) is 5.11 Å². The highest BCUT2D eigenvalue weighted by atomic mass is 16.5. The molecule has 1 aromatic carbocycles. The minimum Gasteiger partial charge on any atom is -0.496 e. The first kappa shape index (κ1) is 11.4. The normalized spacial score (nSPS) is 17.2. The van der Waals surface area contributed by atoms with Gasteiger partial charge in [0.15, 0.2) is 0 Å². The monoisotopic (exact) mass is 222 g/mol. The molecule has 1 aliphatic carbocycles. The van der Waals surface area contributed by atoms with E-state index in [2.05, 4.69) is 0 Å². The van der Waals surface area contributed by atoms with Gasteiger partial charge in [0.05, 0.1) is 19.3 Å². The number of benzene rings is 1. The van der Waals surface area contributed by atoms with Crippen molar-refractivity contribution < 1.29 is 14.6 Å². The fourth-order valence-corrected chi connectivity index (χ4v) is 1.95. The van der Waals surface area contributed by atoms with Gasteiger partial charge in [-0.25, -0.2) is 0 Å². The van der Waals surface area contributed by atoms with Crippen LogP contribution in [0.3, 0.4) is 0 Å². The molecule has 88 valence electrons. The molecular weight excluding hydrogens is 204 g/mol. The summed E-state index contributed by atoms with van der Waals surface area (Å²) in [5, 5.41) is 9.96. The van der Waals surface area contributed by atoms with E-state index >= 15 is 0 Å². The third-order valence-corrected chi connectivity index (χ3v) is 3.09. The number of methoxy groups -OCH3 is 2. The van der Waals surface area contributed by atoms with Crippen molar-refractivity contribution in [1.82, 2.24) is 0 Å². The maximum Gasteiger partial charge on any atom is 0.124 e. The Morgan fingerprint density at radius 1 is 1.31 bits per heavy atom. The van der Waals surface area contributed by atoms with Crippen molar-refractivity contribution in [3.05, 3.63) is 29.3 Å². The molecule has 0 bridgehead atoms. The fraction of sp³-hybridized carbons (Fsp3) is 0.538. The van der Waals surface area contributed by atoms with Crippen LogP contribution < -0.4 is 4.74 Å². The predicted molar refractivity (Wildman–Crippen MR) is 61.6 cm³/mol. The molecule has 1 saturated carbocycles. The van der Waals surface area contributed by atoms with Crippen LogP contribution in [-0.4, -0.2) is 24.9 Å². The molecule has 2 rings (SSSR count). The molecule has 0 amide bonds. The Labute approximate surface area is 96.0 Å². The van der Waals surface area contributed by atoms with Gasteiger partial charge in [-0.3, -0.25) is 0 Å². The lowest BCUT2D eigenvalue weighted by Crippen LogP contribution is -2.13.